The molecule has 1 amide bonds. The quantitative estimate of drug-likeness (QED) is 0.811. The average molecular weight is 223 g/mol. The number of hydrogen-bond donors (Lipinski definition) is 1. The molecular weight excluding hydrogens is 206 g/mol. The van der Waals surface area contributed by atoms with E-state index >= 15 is 0 Å². The zero-order chi connectivity index (χ0) is 11.4. The van der Waals surface area contributed by atoms with Crippen LogP contribution in [0.15, 0.2) is 18.5 Å². The van der Waals surface area contributed by atoms with Crippen LogP contribution in [0.2, 0.25) is 0 Å². The Morgan fingerprint density at radius 3 is 3.25 bits per heavy atom. The van der Waals surface area contributed by atoms with Gasteiger partial charge in [-0.2, -0.15) is 5.10 Å². The number of carbonyl (C=O) groups excluding carboxylic acids is 1. The number of amides is 1. The smallest absolute Gasteiger partial charge is 0.249 e. The van der Waals surface area contributed by atoms with Gasteiger partial charge in [-0.05, 0) is 25.8 Å². The minimum absolute atomic E-state index is 0.00263. The third-order valence-corrected chi connectivity index (χ3v) is 2.63. The van der Waals surface area contributed by atoms with E-state index in [0.717, 1.165) is 12.8 Å². The molecule has 1 aromatic heterocycles. The third-order valence-electron chi connectivity index (χ3n) is 2.63. The number of nitrogens with zero attached hydrogens (tertiary/aromatic N) is 2. The first-order valence-electron chi connectivity index (χ1n) is 5.65. The molecule has 16 heavy (non-hydrogen) atoms. The lowest BCUT2D eigenvalue weighted by Gasteiger charge is -2.16. The first-order valence-corrected chi connectivity index (χ1v) is 5.65. The van der Waals surface area contributed by atoms with E-state index in [2.05, 4.69) is 10.4 Å². The van der Waals surface area contributed by atoms with Crippen LogP contribution in [0.1, 0.15) is 19.8 Å². The Kier molecular flexibility index (Phi) is 3.56. The van der Waals surface area contributed by atoms with Crippen molar-refractivity contribution in [2.24, 2.45) is 0 Å². The van der Waals surface area contributed by atoms with Crippen molar-refractivity contribution >= 4 is 5.91 Å². The van der Waals surface area contributed by atoms with Gasteiger partial charge < -0.3 is 10.1 Å². The maximum Gasteiger partial charge on any atom is 0.249 e. The van der Waals surface area contributed by atoms with Gasteiger partial charge in [0.15, 0.2) is 0 Å². The minimum atomic E-state index is -0.250. The summed E-state index contributed by atoms with van der Waals surface area (Å²) in [6.45, 7) is 3.35. The fourth-order valence-corrected chi connectivity index (χ4v) is 1.85. The van der Waals surface area contributed by atoms with Crippen molar-refractivity contribution in [3.05, 3.63) is 18.5 Å². The lowest BCUT2D eigenvalue weighted by Crippen LogP contribution is -2.41. The predicted molar refractivity (Wildman–Crippen MR) is 58.8 cm³/mol. The molecule has 0 aliphatic carbocycles. The van der Waals surface area contributed by atoms with Crippen molar-refractivity contribution in [3.8, 4) is 0 Å². The summed E-state index contributed by atoms with van der Waals surface area (Å²) in [5.41, 5.74) is 0. The van der Waals surface area contributed by atoms with Gasteiger partial charge >= 0.3 is 0 Å². The van der Waals surface area contributed by atoms with Gasteiger partial charge in [0.1, 0.15) is 6.10 Å². The highest BCUT2D eigenvalue weighted by Gasteiger charge is 2.24. The second kappa shape index (κ2) is 5.12. The van der Waals surface area contributed by atoms with Crippen molar-refractivity contribution < 1.29 is 9.53 Å². The van der Waals surface area contributed by atoms with Crippen LogP contribution in [0.3, 0.4) is 0 Å². The molecule has 1 N–H and O–H groups in total. The molecule has 0 aromatic carbocycles. The molecule has 5 nitrogen and oxygen atoms in total. The Balaban J connectivity index is 1.78. The molecule has 88 valence electrons. The Morgan fingerprint density at radius 1 is 1.75 bits per heavy atom. The summed E-state index contributed by atoms with van der Waals surface area (Å²) >= 11 is 0. The van der Waals surface area contributed by atoms with Crippen molar-refractivity contribution in [2.45, 2.75) is 38.5 Å². The van der Waals surface area contributed by atoms with Gasteiger partial charge in [-0.1, -0.05) is 0 Å². The van der Waals surface area contributed by atoms with Crippen LogP contribution >= 0.6 is 0 Å². The van der Waals surface area contributed by atoms with Crippen molar-refractivity contribution in [1.29, 1.82) is 0 Å². The van der Waals surface area contributed by atoms with E-state index in [1.54, 1.807) is 10.9 Å². The van der Waals surface area contributed by atoms with Gasteiger partial charge in [-0.25, -0.2) is 0 Å². The first-order chi connectivity index (χ1) is 7.75. The largest absolute Gasteiger partial charge is 0.368 e. The van der Waals surface area contributed by atoms with Crippen LogP contribution < -0.4 is 5.32 Å². The molecule has 1 fully saturated rings. The van der Waals surface area contributed by atoms with E-state index in [1.807, 2.05) is 19.2 Å². The summed E-state index contributed by atoms with van der Waals surface area (Å²) in [7, 11) is 0. The molecule has 2 atom stereocenters. The van der Waals surface area contributed by atoms with E-state index < -0.39 is 0 Å². The summed E-state index contributed by atoms with van der Waals surface area (Å²) in [5.74, 6) is -0.00263. The molecule has 5 heteroatoms. The standard InChI is InChI=1S/C11H17N3O2/c1-9(8-14-6-3-5-12-14)13-11(15)10-4-2-7-16-10/h3,5-6,9-10H,2,4,7-8H2,1H3,(H,13,15)/t9-,10-/m0/s1. The average Bonchev–Trinajstić information content (AvgIpc) is 2.88. The highest BCUT2D eigenvalue weighted by Crippen LogP contribution is 2.11. The minimum Gasteiger partial charge on any atom is -0.368 e. The van der Waals surface area contributed by atoms with Crippen LogP contribution in [0.4, 0.5) is 0 Å². The second-order valence-corrected chi connectivity index (χ2v) is 4.14. The molecule has 0 spiro atoms. The van der Waals surface area contributed by atoms with Gasteiger partial charge in [0.2, 0.25) is 5.91 Å². The monoisotopic (exact) mass is 223 g/mol. The Hall–Kier alpha value is -1.36. The molecule has 2 rings (SSSR count). The maximum atomic E-state index is 11.7. The third kappa shape index (κ3) is 2.82. The van der Waals surface area contributed by atoms with Gasteiger partial charge in [0.05, 0.1) is 6.54 Å². The molecule has 0 bridgehead atoms. The van der Waals surface area contributed by atoms with Crippen LogP contribution in [0.5, 0.6) is 0 Å². The normalized spacial score (nSPS) is 21.9. The highest BCUT2D eigenvalue weighted by atomic mass is 16.5. The van der Waals surface area contributed by atoms with Gasteiger partial charge in [-0.3, -0.25) is 9.48 Å². The molecule has 1 saturated heterocycles. The Bertz CT molecular complexity index is 331. The number of carbonyl (C=O) groups is 1. The first kappa shape index (κ1) is 11.1. The molecular formula is C11H17N3O2. The summed E-state index contributed by atoms with van der Waals surface area (Å²) in [4.78, 5) is 11.7. The lowest BCUT2D eigenvalue weighted by atomic mass is 10.2. The summed E-state index contributed by atoms with van der Waals surface area (Å²) < 4.78 is 7.12. The van der Waals surface area contributed by atoms with E-state index in [4.69, 9.17) is 4.74 Å². The summed E-state index contributed by atoms with van der Waals surface area (Å²) in [5, 5.41) is 7.03. The van der Waals surface area contributed by atoms with Crippen LogP contribution in [0, 0.1) is 0 Å². The van der Waals surface area contributed by atoms with Gasteiger partial charge in [0.25, 0.3) is 0 Å². The number of rotatable bonds is 4. The number of hydrogen-bond acceptors (Lipinski definition) is 3. The van der Waals surface area contributed by atoms with Crippen LogP contribution in [0.25, 0.3) is 0 Å². The predicted octanol–water partition coefficient (Wildman–Crippen LogP) is 0.567. The lowest BCUT2D eigenvalue weighted by molar-refractivity contribution is -0.130. The molecule has 0 radical (unpaired) electrons. The van der Waals surface area contributed by atoms with Crippen LogP contribution in [-0.2, 0) is 16.1 Å². The number of ether oxygens (including phenoxy) is 1. The summed E-state index contributed by atoms with van der Waals surface area (Å²) in [6, 6.07) is 1.94. The van der Waals surface area contributed by atoms with Crippen molar-refractivity contribution in [1.82, 2.24) is 15.1 Å². The fraction of sp³-hybridized carbons (Fsp3) is 0.636. The molecule has 1 aromatic rings. The van der Waals surface area contributed by atoms with E-state index in [9.17, 15) is 4.79 Å². The zero-order valence-electron chi connectivity index (χ0n) is 9.43. The van der Waals surface area contributed by atoms with Crippen LogP contribution in [-0.4, -0.2) is 34.4 Å². The number of aromatic nitrogens is 2. The Morgan fingerprint density at radius 2 is 2.62 bits per heavy atom. The zero-order valence-corrected chi connectivity index (χ0v) is 9.43. The molecule has 2 heterocycles. The number of nitrogens with one attached hydrogen (secondary N) is 1. The summed E-state index contributed by atoms with van der Waals surface area (Å²) in [6.07, 6.45) is 5.18. The van der Waals surface area contributed by atoms with Gasteiger partial charge in [0, 0.05) is 25.0 Å². The van der Waals surface area contributed by atoms with Crippen molar-refractivity contribution in [2.75, 3.05) is 6.61 Å². The molecule has 0 unspecified atom stereocenters. The van der Waals surface area contributed by atoms with Gasteiger partial charge in [-0.15, -0.1) is 0 Å². The SMILES string of the molecule is C[C@@H](Cn1cccn1)NC(=O)[C@@H]1CCCO1. The topological polar surface area (TPSA) is 56.2 Å². The maximum absolute atomic E-state index is 11.7. The molecule has 1 aliphatic heterocycles. The molecule has 1 aliphatic rings. The molecule has 0 saturated carbocycles. The Labute approximate surface area is 94.8 Å². The second-order valence-electron chi connectivity index (χ2n) is 4.14. The van der Waals surface area contributed by atoms with E-state index in [1.165, 1.54) is 0 Å². The van der Waals surface area contributed by atoms with E-state index in [0.29, 0.717) is 13.2 Å². The highest BCUT2D eigenvalue weighted by molar-refractivity contribution is 5.81. The van der Waals surface area contributed by atoms with E-state index in [-0.39, 0.29) is 18.1 Å². The fourth-order valence-electron chi connectivity index (χ4n) is 1.85. The van der Waals surface area contributed by atoms with Crippen molar-refractivity contribution in [3.63, 3.8) is 0 Å².